The van der Waals surface area contributed by atoms with Crippen LogP contribution in [0, 0.1) is 5.82 Å². The Kier molecular flexibility index (Phi) is 5.92. The quantitative estimate of drug-likeness (QED) is 0.879. The third kappa shape index (κ3) is 4.66. The first-order valence-electron chi connectivity index (χ1n) is 7.30. The van der Waals surface area contributed by atoms with Gasteiger partial charge in [0.2, 0.25) is 0 Å². The molecule has 0 spiro atoms. The minimum absolute atomic E-state index is 0.0709. The zero-order valence-corrected chi connectivity index (χ0v) is 13.8. The van der Waals surface area contributed by atoms with E-state index < -0.39 is 5.82 Å². The van der Waals surface area contributed by atoms with Gasteiger partial charge in [-0.25, -0.2) is 9.18 Å². The Labute approximate surface area is 139 Å². The van der Waals surface area contributed by atoms with Crippen molar-refractivity contribution in [2.45, 2.75) is 26.4 Å². The molecule has 1 aromatic heterocycles. The maximum Gasteiger partial charge on any atom is 0.317 e. The number of rotatable bonds is 6. The topological polar surface area (TPSA) is 63.1 Å². The molecule has 0 bridgehead atoms. The fourth-order valence-corrected chi connectivity index (χ4v) is 2.26. The highest BCUT2D eigenvalue weighted by atomic mass is 35.5. The van der Waals surface area contributed by atoms with Crippen LogP contribution in [-0.4, -0.2) is 39.3 Å². The molecule has 0 aliphatic rings. The molecule has 124 valence electrons. The Morgan fingerprint density at radius 1 is 1.48 bits per heavy atom. The number of aryl methyl sites for hydroxylation is 1. The zero-order valence-electron chi connectivity index (χ0n) is 13.1. The summed E-state index contributed by atoms with van der Waals surface area (Å²) in [6.07, 6.45) is 2.43. The van der Waals surface area contributed by atoms with Crippen molar-refractivity contribution >= 4 is 17.6 Å². The third-order valence-corrected chi connectivity index (χ3v) is 3.70. The van der Waals surface area contributed by atoms with E-state index in [2.05, 4.69) is 15.5 Å². The number of benzene rings is 1. The van der Waals surface area contributed by atoms with E-state index in [9.17, 15) is 9.18 Å². The molecular formula is C15H19ClFN5O. The van der Waals surface area contributed by atoms with Gasteiger partial charge in [0.05, 0.1) is 5.02 Å². The van der Waals surface area contributed by atoms with E-state index in [0.717, 1.165) is 12.2 Å². The van der Waals surface area contributed by atoms with Crippen LogP contribution < -0.4 is 5.32 Å². The van der Waals surface area contributed by atoms with Crippen molar-refractivity contribution in [1.82, 2.24) is 25.0 Å². The molecule has 0 atom stereocenters. The molecule has 0 radical (unpaired) electrons. The minimum Gasteiger partial charge on any atom is -0.336 e. The van der Waals surface area contributed by atoms with Gasteiger partial charge in [0.15, 0.2) is 0 Å². The molecule has 1 aromatic carbocycles. The summed E-state index contributed by atoms with van der Waals surface area (Å²) in [4.78, 5) is 13.5. The number of aromatic nitrogens is 3. The van der Waals surface area contributed by atoms with Gasteiger partial charge in [-0.15, -0.1) is 10.2 Å². The molecule has 2 aromatic rings. The van der Waals surface area contributed by atoms with Gasteiger partial charge in [-0.3, -0.25) is 0 Å². The van der Waals surface area contributed by atoms with Crippen LogP contribution in [0.25, 0.3) is 0 Å². The van der Waals surface area contributed by atoms with Crippen molar-refractivity contribution in [2.75, 3.05) is 13.6 Å². The Morgan fingerprint density at radius 2 is 2.26 bits per heavy atom. The number of halogens is 2. The zero-order chi connectivity index (χ0) is 16.8. The molecule has 0 aliphatic heterocycles. The second-order valence-electron chi connectivity index (χ2n) is 5.13. The van der Waals surface area contributed by atoms with Crippen LogP contribution in [0.4, 0.5) is 9.18 Å². The van der Waals surface area contributed by atoms with Gasteiger partial charge < -0.3 is 14.8 Å². The van der Waals surface area contributed by atoms with E-state index in [4.69, 9.17) is 11.6 Å². The standard InChI is InChI=1S/C15H19ClFN5O/c1-3-14-20-19-10-22(14)7-6-18-15(23)21(2)9-11-4-5-12(16)13(17)8-11/h4-5,8,10H,3,6-7,9H2,1-2H3,(H,18,23). The predicted octanol–water partition coefficient (Wildman–Crippen LogP) is 2.47. The van der Waals surface area contributed by atoms with Crippen molar-refractivity contribution in [3.63, 3.8) is 0 Å². The van der Waals surface area contributed by atoms with Crippen molar-refractivity contribution in [2.24, 2.45) is 0 Å². The van der Waals surface area contributed by atoms with Gasteiger partial charge >= 0.3 is 6.03 Å². The van der Waals surface area contributed by atoms with Crippen molar-refractivity contribution in [3.8, 4) is 0 Å². The fourth-order valence-electron chi connectivity index (χ4n) is 2.14. The molecule has 0 unspecified atom stereocenters. The van der Waals surface area contributed by atoms with E-state index in [0.29, 0.717) is 25.2 Å². The summed E-state index contributed by atoms with van der Waals surface area (Å²) < 4.78 is 15.3. The molecule has 1 heterocycles. The minimum atomic E-state index is -0.488. The van der Waals surface area contributed by atoms with Crippen LogP contribution in [0.15, 0.2) is 24.5 Å². The van der Waals surface area contributed by atoms with Crippen LogP contribution >= 0.6 is 11.6 Å². The van der Waals surface area contributed by atoms with Crippen molar-refractivity contribution in [3.05, 3.63) is 46.8 Å². The van der Waals surface area contributed by atoms with Gasteiger partial charge in [-0.2, -0.15) is 0 Å². The molecule has 23 heavy (non-hydrogen) atoms. The van der Waals surface area contributed by atoms with E-state index >= 15 is 0 Å². The van der Waals surface area contributed by atoms with Crippen LogP contribution in [-0.2, 0) is 19.5 Å². The maximum absolute atomic E-state index is 13.4. The summed E-state index contributed by atoms with van der Waals surface area (Å²) in [6.45, 7) is 3.36. The van der Waals surface area contributed by atoms with E-state index in [1.54, 1.807) is 19.4 Å². The third-order valence-electron chi connectivity index (χ3n) is 3.39. The molecule has 1 N–H and O–H groups in total. The summed E-state index contributed by atoms with van der Waals surface area (Å²) in [6, 6.07) is 4.28. The maximum atomic E-state index is 13.4. The number of hydrogen-bond donors (Lipinski definition) is 1. The smallest absolute Gasteiger partial charge is 0.317 e. The molecule has 2 rings (SSSR count). The molecule has 0 fully saturated rings. The molecule has 6 nitrogen and oxygen atoms in total. The summed E-state index contributed by atoms with van der Waals surface area (Å²) in [5.74, 6) is 0.391. The summed E-state index contributed by atoms with van der Waals surface area (Å²) >= 11 is 5.64. The van der Waals surface area contributed by atoms with Gasteiger partial charge in [0.25, 0.3) is 0 Å². The summed E-state index contributed by atoms with van der Waals surface area (Å²) in [7, 11) is 1.65. The number of carbonyl (C=O) groups excluding carboxylic acids is 1. The monoisotopic (exact) mass is 339 g/mol. The first-order valence-corrected chi connectivity index (χ1v) is 7.68. The largest absolute Gasteiger partial charge is 0.336 e. The Hall–Kier alpha value is -2.15. The predicted molar refractivity (Wildman–Crippen MR) is 85.7 cm³/mol. The number of amides is 2. The highest BCUT2D eigenvalue weighted by Gasteiger charge is 2.10. The number of nitrogens with one attached hydrogen (secondary N) is 1. The van der Waals surface area contributed by atoms with Crippen molar-refractivity contribution < 1.29 is 9.18 Å². The lowest BCUT2D eigenvalue weighted by molar-refractivity contribution is 0.206. The second kappa shape index (κ2) is 7.92. The molecule has 0 saturated carbocycles. The molecule has 8 heteroatoms. The first-order chi connectivity index (χ1) is 11.0. The average Bonchev–Trinajstić information content (AvgIpc) is 2.98. The Balaban J connectivity index is 1.81. The lowest BCUT2D eigenvalue weighted by atomic mass is 10.2. The van der Waals surface area contributed by atoms with Gasteiger partial charge in [-0.1, -0.05) is 24.6 Å². The average molecular weight is 340 g/mol. The lowest BCUT2D eigenvalue weighted by Gasteiger charge is -2.18. The molecular weight excluding hydrogens is 321 g/mol. The number of hydrogen-bond acceptors (Lipinski definition) is 3. The lowest BCUT2D eigenvalue weighted by Crippen LogP contribution is -2.38. The van der Waals surface area contributed by atoms with Crippen LogP contribution in [0.2, 0.25) is 5.02 Å². The first kappa shape index (κ1) is 17.2. The van der Waals surface area contributed by atoms with Crippen LogP contribution in [0.5, 0.6) is 0 Å². The van der Waals surface area contributed by atoms with E-state index in [1.807, 2.05) is 11.5 Å². The number of carbonyl (C=O) groups is 1. The van der Waals surface area contributed by atoms with Gasteiger partial charge in [0.1, 0.15) is 18.0 Å². The van der Waals surface area contributed by atoms with E-state index in [-0.39, 0.29) is 11.1 Å². The van der Waals surface area contributed by atoms with Crippen LogP contribution in [0.1, 0.15) is 18.3 Å². The highest BCUT2D eigenvalue weighted by molar-refractivity contribution is 6.30. The van der Waals surface area contributed by atoms with Gasteiger partial charge in [-0.05, 0) is 17.7 Å². The molecule has 0 saturated heterocycles. The Bertz CT molecular complexity index is 676. The number of urea groups is 1. The number of nitrogens with zero attached hydrogens (tertiary/aromatic N) is 4. The normalized spacial score (nSPS) is 10.6. The van der Waals surface area contributed by atoms with Crippen LogP contribution in [0.3, 0.4) is 0 Å². The molecule has 2 amide bonds. The second-order valence-corrected chi connectivity index (χ2v) is 5.54. The summed E-state index contributed by atoms with van der Waals surface area (Å²) in [5, 5.41) is 10.7. The van der Waals surface area contributed by atoms with Gasteiger partial charge in [0, 0.05) is 33.1 Å². The highest BCUT2D eigenvalue weighted by Crippen LogP contribution is 2.16. The SMILES string of the molecule is CCc1nncn1CCNC(=O)N(C)Cc1ccc(Cl)c(F)c1. The Morgan fingerprint density at radius 3 is 2.96 bits per heavy atom. The van der Waals surface area contributed by atoms with Crippen molar-refractivity contribution in [1.29, 1.82) is 0 Å². The molecule has 0 aliphatic carbocycles. The van der Waals surface area contributed by atoms with E-state index in [1.165, 1.54) is 17.0 Å². The summed E-state index contributed by atoms with van der Waals surface area (Å²) in [5.41, 5.74) is 0.677. The fraction of sp³-hybridized carbons (Fsp3) is 0.400.